The highest BCUT2D eigenvalue weighted by Gasteiger charge is 2.24. The maximum absolute atomic E-state index is 12.6. The monoisotopic (exact) mass is 397 g/mol. The first kappa shape index (κ1) is 17.9. The molecule has 3 aromatic rings. The van der Waals surface area contributed by atoms with Gasteiger partial charge < -0.3 is 4.90 Å². The maximum Gasteiger partial charge on any atom is 0.277 e. The molecule has 28 heavy (non-hydrogen) atoms. The van der Waals surface area contributed by atoms with E-state index in [-0.39, 0.29) is 17.0 Å². The summed E-state index contributed by atoms with van der Waals surface area (Å²) in [5, 5.41) is 10.4. The largest absolute Gasteiger partial charge is 0.309 e. The number of anilines is 1. The SMILES string of the molecule is O=C(NO)c1cnc(N2C=C(NS(=O)(=O)c3ccc4ccccc4c3)C2)nc1. The molecule has 1 aliphatic rings. The van der Waals surface area contributed by atoms with Gasteiger partial charge in [0.15, 0.2) is 0 Å². The Morgan fingerprint density at radius 2 is 1.75 bits per heavy atom. The molecule has 142 valence electrons. The molecule has 1 amide bonds. The lowest BCUT2D eigenvalue weighted by atomic mass is 10.1. The fourth-order valence-corrected chi connectivity index (χ4v) is 3.86. The Kier molecular flexibility index (Phi) is 4.41. The number of aromatic nitrogens is 2. The van der Waals surface area contributed by atoms with Crippen LogP contribution in [0.2, 0.25) is 0 Å². The van der Waals surface area contributed by atoms with Crippen molar-refractivity contribution < 1.29 is 18.4 Å². The third kappa shape index (κ3) is 3.38. The van der Waals surface area contributed by atoms with Crippen LogP contribution in [0.3, 0.4) is 0 Å². The van der Waals surface area contributed by atoms with Gasteiger partial charge in [-0.15, -0.1) is 0 Å². The van der Waals surface area contributed by atoms with Crippen LogP contribution in [-0.2, 0) is 10.0 Å². The third-order valence-corrected chi connectivity index (χ3v) is 5.61. The van der Waals surface area contributed by atoms with E-state index < -0.39 is 15.9 Å². The van der Waals surface area contributed by atoms with Crippen molar-refractivity contribution >= 4 is 32.7 Å². The second kappa shape index (κ2) is 6.91. The Morgan fingerprint density at radius 3 is 2.43 bits per heavy atom. The molecule has 0 spiro atoms. The second-order valence-corrected chi connectivity index (χ2v) is 7.79. The minimum atomic E-state index is -3.71. The summed E-state index contributed by atoms with van der Waals surface area (Å²) in [6.07, 6.45) is 4.09. The molecule has 0 bridgehead atoms. The van der Waals surface area contributed by atoms with E-state index in [4.69, 9.17) is 5.21 Å². The number of sulfonamides is 1. The molecule has 1 aromatic heterocycles. The molecule has 4 rings (SSSR count). The highest BCUT2D eigenvalue weighted by molar-refractivity contribution is 7.89. The lowest BCUT2D eigenvalue weighted by molar-refractivity contribution is 0.0705. The summed E-state index contributed by atoms with van der Waals surface area (Å²) in [6, 6.07) is 12.5. The van der Waals surface area contributed by atoms with Gasteiger partial charge in [-0.1, -0.05) is 30.3 Å². The van der Waals surface area contributed by atoms with Crippen molar-refractivity contribution in [2.75, 3.05) is 11.4 Å². The van der Waals surface area contributed by atoms with Gasteiger partial charge in [0.05, 0.1) is 22.7 Å². The van der Waals surface area contributed by atoms with E-state index >= 15 is 0 Å². The summed E-state index contributed by atoms with van der Waals surface area (Å²) in [4.78, 5) is 21.1. The van der Waals surface area contributed by atoms with E-state index in [1.54, 1.807) is 29.3 Å². The van der Waals surface area contributed by atoms with E-state index in [9.17, 15) is 13.2 Å². The number of nitrogens with zero attached hydrogens (tertiary/aromatic N) is 3. The Hall–Kier alpha value is -3.50. The van der Waals surface area contributed by atoms with Crippen LogP contribution in [0.5, 0.6) is 0 Å². The Bertz CT molecular complexity index is 1190. The lowest BCUT2D eigenvalue weighted by Gasteiger charge is -2.29. The Morgan fingerprint density at radius 1 is 1.07 bits per heavy atom. The third-order valence-electron chi connectivity index (χ3n) is 4.21. The number of rotatable bonds is 5. The maximum atomic E-state index is 12.6. The van der Waals surface area contributed by atoms with Crippen LogP contribution in [0.1, 0.15) is 10.4 Å². The van der Waals surface area contributed by atoms with Gasteiger partial charge in [-0.25, -0.2) is 23.9 Å². The number of fused-ring (bicyclic) bond motifs is 1. The highest BCUT2D eigenvalue weighted by atomic mass is 32.2. The number of benzene rings is 2. The fraction of sp³-hybridized carbons (Fsp3) is 0.0556. The van der Waals surface area contributed by atoms with Crippen LogP contribution in [0.25, 0.3) is 10.8 Å². The summed E-state index contributed by atoms with van der Waals surface area (Å²) in [6.45, 7) is 0.276. The van der Waals surface area contributed by atoms with Gasteiger partial charge in [-0.3, -0.25) is 14.7 Å². The minimum absolute atomic E-state index is 0.105. The molecule has 0 aliphatic carbocycles. The normalized spacial score (nSPS) is 13.6. The number of amides is 1. The van der Waals surface area contributed by atoms with Crippen molar-refractivity contribution in [3.8, 4) is 0 Å². The molecule has 0 unspecified atom stereocenters. The van der Waals surface area contributed by atoms with Gasteiger partial charge in [0.25, 0.3) is 15.9 Å². The quantitative estimate of drug-likeness (QED) is 0.439. The van der Waals surface area contributed by atoms with E-state index in [2.05, 4.69) is 14.7 Å². The van der Waals surface area contributed by atoms with Crippen molar-refractivity contribution in [2.24, 2.45) is 0 Å². The van der Waals surface area contributed by atoms with E-state index in [0.29, 0.717) is 11.6 Å². The standard InChI is InChI=1S/C18H15N5O4S/c24-17(21-25)14-8-19-18(20-9-14)23-10-15(11-23)22-28(26,27)16-6-5-12-3-1-2-4-13(12)7-16/h1-10,22,25H,11H2,(H,21,24). The number of nitrogens with one attached hydrogen (secondary N) is 2. The number of hydrogen-bond donors (Lipinski definition) is 3. The molecular formula is C18H15N5O4S. The molecule has 2 heterocycles. The Balaban J connectivity index is 1.48. The van der Waals surface area contributed by atoms with Crippen LogP contribution >= 0.6 is 0 Å². The van der Waals surface area contributed by atoms with Gasteiger partial charge in [-0.05, 0) is 22.9 Å². The fourth-order valence-electron chi connectivity index (χ4n) is 2.75. The molecule has 2 aromatic carbocycles. The van der Waals surface area contributed by atoms with Gasteiger partial charge in [0, 0.05) is 18.6 Å². The number of carbonyl (C=O) groups excluding carboxylic acids is 1. The molecular weight excluding hydrogens is 382 g/mol. The van der Waals surface area contributed by atoms with Crippen molar-refractivity contribution in [2.45, 2.75) is 4.90 Å². The first-order valence-electron chi connectivity index (χ1n) is 8.22. The molecule has 1 aliphatic heterocycles. The van der Waals surface area contributed by atoms with Crippen molar-refractivity contribution in [3.63, 3.8) is 0 Å². The summed E-state index contributed by atoms with van der Waals surface area (Å²) in [5.41, 5.74) is 2.10. The number of hydroxylamine groups is 1. The lowest BCUT2D eigenvalue weighted by Crippen LogP contribution is -2.39. The molecule has 0 atom stereocenters. The van der Waals surface area contributed by atoms with Crippen LogP contribution in [0.4, 0.5) is 5.95 Å². The molecule has 0 radical (unpaired) electrons. The van der Waals surface area contributed by atoms with Crippen molar-refractivity contribution in [3.05, 3.63) is 72.3 Å². The average molecular weight is 397 g/mol. The molecule has 9 nitrogen and oxygen atoms in total. The van der Waals surface area contributed by atoms with Crippen molar-refractivity contribution in [1.82, 2.24) is 20.2 Å². The summed E-state index contributed by atoms with van der Waals surface area (Å²) in [5.74, 6) is -0.405. The molecule has 0 fully saturated rings. The minimum Gasteiger partial charge on any atom is -0.309 e. The zero-order valence-corrected chi connectivity index (χ0v) is 15.2. The summed E-state index contributed by atoms with van der Waals surface area (Å²) in [7, 11) is -3.71. The first-order chi connectivity index (χ1) is 13.5. The number of carbonyl (C=O) groups is 1. The van der Waals surface area contributed by atoms with Gasteiger partial charge in [0.1, 0.15) is 0 Å². The van der Waals surface area contributed by atoms with Gasteiger partial charge in [-0.2, -0.15) is 0 Å². The van der Waals surface area contributed by atoms with Gasteiger partial charge >= 0.3 is 0 Å². The molecule has 10 heteroatoms. The van der Waals surface area contributed by atoms with Crippen LogP contribution in [-0.4, -0.2) is 36.0 Å². The smallest absolute Gasteiger partial charge is 0.277 e. The van der Waals surface area contributed by atoms with Crippen LogP contribution < -0.4 is 15.1 Å². The van der Waals surface area contributed by atoms with Crippen LogP contribution in [0.15, 0.2) is 71.7 Å². The Labute approximate surface area is 160 Å². The van der Waals surface area contributed by atoms with Crippen molar-refractivity contribution in [1.29, 1.82) is 0 Å². The average Bonchev–Trinajstić information content (AvgIpc) is 2.69. The summed E-state index contributed by atoms with van der Waals surface area (Å²) < 4.78 is 27.8. The predicted molar refractivity (Wildman–Crippen MR) is 101 cm³/mol. The topological polar surface area (TPSA) is 125 Å². The summed E-state index contributed by atoms with van der Waals surface area (Å²) >= 11 is 0. The molecule has 3 N–H and O–H groups in total. The second-order valence-electron chi connectivity index (χ2n) is 6.11. The van der Waals surface area contributed by atoms with E-state index in [1.807, 2.05) is 24.3 Å². The molecule has 0 saturated carbocycles. The van der Waals surface area contributed by atoms with E-state index in [1.165, 1.54) is 17.9 Å². The predicted octanol–water partition coefficient (Wildman–Crippen LogP) is 1.39. The first-order valence-corrected chi connectivity index (χ1v) is 9.70. The van der Waals surface area contributed by atoms with Gasteiger partial charge in [0.2, 0.25) is 5.95 Å². The zero-order chi connectivity index (χ0) is 19.7. The zero-order valence-electron chi connectivity index (χ0n) is 14.4. The van der Waals surface area contributed by atoms with E-state index in [0.717, 1.165) is 10.8 Å². The van der Waals surface area contributed by atoms with Crippen LogP contribution in [0, 0.1) is 0 Å². The molecule has 0 saturated heterocycles. The highest BCUT2D eigenvalue weighted by Crippen LogP contribution is 2.22. The number of hydrogen-bond acceptors (Lipinski definition) is 7.